The third-order valence-electron chi connectivity index (χ3n) is 16.8. The van der Waals surface area contributed by atoms with E-state index in [2.05, 4.69) is 45.4 Å². The molecule has 0 aromatic carbocycles. The number of aromatic nitrogens is 10. The molecule has 11 aromatic heterocycles. The number of carbonyl (C=O) groups is 3. The van der Waals surface area contributed by atoms with Gasteiger partial charge in [0.15, 0.2) is 34.0 Å². The first-order valence-corrected chi connectivity index (χ1v) is 31.1. The Labute approximate surface area is 567 Å². The summed E-state index contributed by atoms with van der Waals surface area (Å²) in [5.74, 6) is -1.59. The van der Waals surface area contributed by atoms with E-state index in [-0.39, 0.29) is 62.3 Å². The number of aryl methyl sites for hydroxylation is 1. The summed E-state index contributed by atoms with van der Waals surface area (Å²) in [5, 5.41) is 9.31. The van der Waals surface area contributed by atoms with Gasteiger partial charge in [-0.15, -0.1) is 0 Å². The van der Waals surface area contributed by atoms with Gasteiger partial charge in [0.1, 0.15) is 21.8 Å². The van der Waals surface area contributed by atoms with E-state index in [0.29, 0.717) is 68.7 Å². The average Bonchev–Trinajstić information content (AvgIpc) is 1.63. The van der Waals surface area contributed by atoms with Crippen molar-refractivity contribution in [2.45, 2.75) is 44.7 Å². The Balaban J connectivity index is 0.000000133. The van der Waals surface area contributed by atoms with Crippen molar-refractivity contribution in [3.05, 3.63) is 219 Å². The van der Waals surface area contributed by atoms with Crippen molar-refractivity contribution in [3.8, 4) is 33.4 Å². The molecule has 2 N–H and O–H groups in total. The topological polar surface area (TPSA) is 231 Å². The van der Waals surface area contributed by atoms with Crippen LogP contribution in [0.1, 0.15) is 84.2 Å². The maximum atomic E-state index is 13.8. The van der Waals surface area contributed by atoms with Crippen LogP contribution < -0.4 is 5.32 Å². The molecular formula is C66H49Cl3F9N15O6. The standard InChI is InChI=1S/2C22H17ClF3N5O2.C22H15ClF3N5O2/c1-12-16(9-27-29-12)13-2-5-30(6-3-13)21(32)18-19(23)31-10-15(14-4-7-33-11-14)8-17(20(31)28-18)22(24,25)26;2*23-19-18(21(32)30-4-1-13(2-5-30)16-8-27-12-28-9-16)29-20-17(22(24,25)26)7-15(10-31(19)20)14-3-6-33-11-14/h2,4,7-11H,3,5-6H2,1H3,(H,27,29);1,3,6-8,10-12H,2,4-5,9H2,(H,27,28);1,3,6-12H,2,4-5H2. The van der Waals surface area contributed by atoms with E-state index < -0.39 is 69.9 Å². The van der Waals surface area contributed by atoms with E-state index in [1.54, 1.807) is 31.0 Å². The van der Waals surface area contributed by atoms with E-state index in [0.717, 1.165) is 70.5 Å². The van der Waals surface area contributed by atoms with E-state index in [4.69, 9.17) is 48.1 Å². The smallest absolute Gasteiger partial charge is 0.420 e. The van der Waals surface area contributed by atoms with Crippen molar-refractivity contribution < 1.29 is 67.1 Å². The normalized spacial score (nSPS) is 15.3. The quantitative estimate of drug-likeness (QED) is 0.128. The maximum absolute atomic E-state index is 13.8. The molecular weight excluding hydrogens is 1380 g/mol. The van der Waals surface area contributed by atoms with E-state index >= 15 is 0 Å². The van der Waals surface area contributed by atoms with Crippen LogP contribution in [0.2, 0.25) is 15.5 Å². The summed E-state index contributed by atoms with van der Waals surface area (Å²) >= 11 is 19.2. The Kier molecular flexibility index (Phi) is 18.2. The number of nitrogens with one attached hydrogen (secondary N) is 2. The molecule has 0 aliphatic carbocycles. The van der Waals surface area contributed by atoms with Gasteiger partial charge in [0.2, 0.25) is 0 Å². The van der Waals surface area contributed by atoms with Gasteiger partial charge in [0.05, 0.1) is 73.3 Å². The summed E-state index contributed by atoms with van der Waals surface area (Å²) < 4.78 is 143. The van der Waals surface area contributed by atoms with Crippen LogP contribution in [-0.2, 0) is 18.5 Å². The number of hydrogen-bond donors (Lipinski definition) is 2. The molecule has 3 amide bonds. The summed E-state index contributed by atoms with van der Waals surface area (Å²) in [6, 6.07) is 7.53. The predicted octanol–water partition coefficient (Wildman–Crippen LogP) is 14.8. The molecule has 0 unspecified atom stereocenters. The number of aromatic amines is 1. The van der Waals surface area contributed by atoms with Crippen LogP contribution in [0, 0.1) is 6.92 Å². The van der Waals surface area contributed by atoms with Crippen molar-refractivity contribution in [1.82, 2.24) is 68.3 Å². The monoisotopic (exact) mass is 1420 g/mol. The largest absolute Gasteiger partial charge is 0.472 e. The molecule has 4 aliphatic rings. The number of halogens is 12. The number of carbonyl (C=O) groups excluding carboxylic acids is 3. The van der Waals surface area contributed by atoms with Crippen molar-refractivity contribution in [2.24, 2.45) is 4.99 Å². The summed E-state index contributed by atoms with van der Waals surface area (Å²) in [6.07, 6.45) is 15.6. The maximum Gasteiger partial charge on any atom is 0.420 e. The zero-order valence-corrected chi connectivity index (χ0v) is 53.5. The Hall–Kier alpha value is -10.7. The van der Waals surface area contributed by atoms with Crippen molar-refractivity contribution in [2.75, 3.05) is 45.8 Å². The van der Waals surface area contributed by atoms with Crippen molar-refractivity contribution in [1.29, 1.82) is 0 Å². The van der Waals surface area contributed by atoms with Gasteiger partial charge < -0.3 is 33.3 Å². The van der Waals surface area contributed by atoms with Crippen LogP contribution in [0.4, 0.5) is 39.5 Å². The third-order valence-corrected chi connectivity index (χ3v) is 17.8. The molecule has 0 bridgehead atoms. The van der Waals surface area contributed by atoms with Gasteiger partial charge in [-0.1, -0.05) is 53.0 Å². The second-order valence-electron chi connectivity index (χ2n) is 22.8. The highest BCUT2D eigenvalue weighted by Gasteiger charge is 2.40. The molecule has 21 nitrogen and oxygen atoms in total. The highest BCUT2D eigenvalue weighted by atomic mass is 35.5. The lowest BCUT2D eigenvalue weighted by Crippen LogP contribution is -2.35. The first-order valence-electron chi connectivity index (χ1n) is 30.0. The highest BCUT2D eigenvalue weighted by Crippen LogP contribution is 2.42. The second-order valence-corrected chi connectivity index (χ2v) is 23.9. The molecule has 0 radical (unpaired) electrons. The molecule has 15 rings (SSSR count). The fourth-order valence-electron chi connectivity index (χ4n) is 11.7. The lowest BCUT2D eigenvalue weighted by molar-refractivity contribution is -0.137. The summed E-state index contributed by atoms with van der Waals surface area (Å²) in [4.78, 5) is 68.1. The number of fused-ring (bicyclic) bond motifs is 3. The van der Waals surface area contributed by atoms with Gasteiger partial charge in [-0.25, -0.2) is 24.9 Å². The van der Waals surface area contributed by atoms with Gasteiger partial charge >= 0.3 is 18.5 Å². The number of imidazole rings is 3. The van der Waals surface area contributed by atoms with E-state index in [9.17, 15) is 53.9 Å². The summed E-state index contributed by atoms with van der Waals surface area (Å²) in [5.41, 5.74) is 4.06. The fraction of sp³-hybridized carbons (Fsp3) is 0.212. The van der Waals surface area contributed by atoms with Gasteiger partial charge in [0, 0.05) is 127 Å². The second kappa shape index (κ2) is 26.9. The molecule has 0 atom stereocenters. The third kappa shape index (κ3) is 13.6. The van der Waals surface area contributed by atoms with Gasteiger partial charge in [0.25, 0.3) is 17.7 Å². The lowest BCUT2D eigenvalue weighted by Gasteiger charge is -2.27. The van der Waals surface area contributed by atoms with Gasteiger partial charge in [-0.3, -0.25) is 37.7 Å². The summed E-state index contributed by atoms with van der Waals surface area (Å²) in [7, 11) is 0. The zero-order valence-electron chi connectivity index (χ0n) is 51.2. The highest BCUT2D eigenvalue weighted by molar-refractivity contribution is 6.34. The molecule has 4 aliphatic heterocycles. The minimum atomic E-state index is -4.70. The number of hydrogen-bond acceptors (Lipinski definition) is 14. The molecule has 11 aromatic rings. The molecule has 0 saturated heterocycles. The predicted molar refractivity (Wildman–Crippen MR) is 344 cm³/mol. The molecule has 33 heteroatoms. The number of H-pyrrole nitrogens is 1. The number of amides is 3. The zero-order chi connectivity index (χ0) is 69.7. The van der Waals surface area contributed by atoms with Crippen molar-refractivity contribution >= 4 is 87.0 Å². The molecule has 0 saturated carbocycles. The Bertz CT molecular complexity index is 5070. The molecule has 15 heterocycles. The van der Waals surface area contributed by atoms with Crippen LogP contribution in [0.5, 0.6) is 0 Å². The van der Waals surface area contributed by atoms with E-state index in [1.807, 2.05) is 31.4 Å². The number of rotatable bonds is 9. The molecule has 0 fully saturated rings. The fourth-order valence-corrected chi connectivity index (χ4v) is 12.4. The Morgan fingerprint density at radius 2 is 0.899 bits per heavy atom. The first kappa shape index (κ1) is 66.9. The van der Waals surface area contributed by atoms with Gasteiger partial charge in [-0.2, -0.15) is 44.6 Å². The van der Waals surface area contributed by atoms with Crippen LogP contribution in [0.15, 0.2) is 171 Å². The van der Waals surface area contributed by atoms with E-state index in [1.165, 1.54) is 89.3 Å². The number of furan rings is 3. The average molecular weight is 1430 g/mol. The Morgan fingerprint density at radius 1 is 0.505 bits per heavy atom. The number of pyridine rings is 3. The molecule has 508 valence electrons. The molecule has 0 spiro atoms. The number of alkyl halides is 9. The number of nitrogens with zero attached hydrogens (tertiary/aromatic N) is 13. The SMILES string of the molecule is Cc1[nH]ncc1C1=CCN(C(=O)c2nc3c(C(F)(F)F)cc(-c4ccoc4)cn3c2Cl)CC1.O=C(c1nc2c(C(F)(F)F)cc(-c3ccoc3)cn2c1Cl)N1CC=C(C2=CNC=NC2)CC1.O=C(c1nc2c(C(F)(F)F)cc(-c3ccoc3)cn2c1Cl)N1CC=C(c2cncnc2)CC1. The minimum Gasteiger partial charge on any atom is -0.472 e. The minimum absolute atomic E-state index is 0.172. The lowest BCUT2D eigenvalue weighted by atomic mass is 9.99. The summed E-state index contributed by atoms with van der Waals surface area (Å²) in [6.45, 7) is 4.45. The molecule has 99 heavy (non-hydrogen) atoms. The van der Waals surface area contributed by atoms with Crippen LogP contribution in [-0.4, -0.2) is 133 Å². The van der Waals surface area contributed by atoms with Crippen LogP contribution >= 0.6 is 34.8 Å². The first-order chi connectivity index (χ1) is 47.4. The van der Waals surface area contributed by atoms with Crippen molar-refractivity contribution in [3.63, 3.8) is 0 Å². The van der Waals surface area contributed by atoms with Crippen LogP contribution in [0.25, 0.3) is 61.5 Å². The number of aliphatic imine (C=N–C) groups is 1. The Morgan fingerprint density at radius 3 is 1.22 bits per heavy atom. The van der Waals surface area contributed by atoms with Gasteiger partial charge in [-0.05, 0) is 84.9 Å². The van der Waals surface area contributed by atoms with Crippen LogP contribution in [0.3, 0.4) is 0 Å².